The number of aromatic nitrogens is 4. The number of rotatable bonds is 7. The van der Waals surface area contributed by atoms with Gasteiger partial charge in [-0.05, 0) is 57.7 Å². The maximum Gasteiger partial charge on any atom is 0.250 e. The molecule has 0 spiro atoms. The second-order valence-corrected chi connectivity index (χ2v) is 9.41. The highest BCUT2D eigenvalue weighted by atomic mass is 16.5. The maximum atomic E-state index is 12.6. The van der Waals surface area contributed by atoms with E-state index in [9.17, 15) is 9.90 Å². The smallest absolute Gasteiger partial charge is 0.250 e. The molecule has 34 heavy (non-hydrogen) atoms. The monoisotopic (exact) mass is 463 g/mol. The minimum absolute atomic E-state index is 0.0283. The third-order valence-electron chi connectivity index (χ3n) is 6.09. The zero-order valence-corrected chi connectivity index (χ0v) is 19.4. The van der Waals surface area contributed by atoms with Gasteiger partial charge in [0.05, 0.1) is 11.9 Å². The molecule has 0 radical (unpaired) electrons. The molecule has 2 aliphatic rings. The lowest BCUT2D eigenvalue weighted by atomic mass is 9.96. The third-order valence-corrected chi connectivity index (χ3v) is 6.09. The highest BCUT2D eigenvalue weighted by molar-refractivity contribution is 5.83. The van der Waals surface area contributed by atoms with Crippen molar-refractivity contribution >= 4 is 17.4 Å². The van der Waals surface area contributed by atoms with E-state index in [1.165, 1.54) is 4.68 Å². The van der Waals surface area contributed by atoms with Crippen LogP contribution >= 0.6 is 0 Å². The zero-order valence-electron chi connectivity index (χ0n) is 19.4. The van der Waals surface area contributed by atoms with E-state index in [4.69, 9.17) is 9.47 Å². The van der Waals surface area contributed by atoms with E-state index in [1.807, 2.05) is 0 Å². The van der Waals surface area contributed by atoms with Gasteiger partial charge in [0.25, 0.3) is 0 Å². The lowest BCUT2D eigenvalue weighted by Gasteiger charge is -2.21. The second-order valence-electron chi connectivity index (χ2n) is 9.41. The Balaban J connectivity index is 1.38. The molecule has 1 aliphatic heterocycles. The molecule has 178 valence electrons. The van der Waals surface area contributed by atoms with Gasteiger partial charge in [-0.1, -0.05) is 0 Å². The van der Waals surface area contributed by atoms with Crippen molar-refractivity contribution in [2.24, 2.45) is 5.92 Å². The highest BCUT2D eigenvalue weighted by Gasteiger charge is 2.33. The lowest BCUT2D eigenvalue weighted by molar-refractivity contribution is 0.0739. The average Bonchev–Trinajstić information content (AvgIpc) is 3.59. The van der Waals surface area contributed by atoms with Gasteiger partial charge >= 0.3 is 0 Å². The van der Waals surface area contributed by atoms with E-state index in [1.54, 1.807) is 56.7 Å². The molecule has 0 unspecified atom stereocenters. The average molecular weight is 464 g/mol. The van der Waals surface area contributed by atoms with Gasteiger partial charge in [0, 0.05) is 49.2 Å². The van der Waals surface area contributed by atoms with Crippen LogP contribution in [0.25, 0.3) is 0 Å². The summed E-state index contributed by atoms with van der Waals surface area (Å²) in [5.41, 5.74) is 1.06. The molecule has 0 amide bonds. The van der Waals surface area contributed by atoms with Crippen molar-refractivity contribution in [1.29, 1.82) is 0 Å². The summed E-state index contributed by atoms with van der Waals surface area (Å²) in [4.78, 5) is 21.3. The van der Waals surface area contributed by atoms with Crippen molar-refractivity contribution in [3.63, 3.8) is 0 Å². The van der Waals surface area contributed by atoms with E-state index in [-0.39, 0.29) is 17.7 Å². The topological polar surface area (TPSA) is 111 Å². The van der Waals surface area contributed by atoms with Gasteiger partial charge in [0.15, 0.2) is 5.75 Å². The molecule has 3 aromatic rings. The number of nitrogens with zero attached hydrogens (tertiary/aromatic N) is 4. The van der Waals surface area contributed by atoms with Crippen LogP contribution in [0.3, 0.4) is 0 Å². The molecule has 5 rings (SSSR count). The van der Waals surface area contributed by atoms with Crippen molar-refractivity contribution in [2.75, 3.05) is 18.5 Å². The van der Waals surface area contributed by atoms with Gasteiger partial charge in [-0.2, -0.15) is 5.10 Å². The Kier molecular flexibility index (Phi) is 6.05. The minimum atomic E-state index is -1.05. The predicted octanol–water partition coefficient (Wildman–Crippen LogP) is 4.38. The molecule has 9 nitrogen and oxygen atoms in total. The molecular weight excluding hydrogens is 434 g/mol. The molecule has 0 atom stereocenters. The molecule has 2 N–H and O–H groups in total. The van der Waals surface area contributed by atoms with Crippen LogP contribution in [0.4, 0.5) is 11.5 Å². The minimum Gasteiger partial charge on any atom is -0.454 e. The van der Waals surface area contributed by atoms with E-state index in [0.717, 1.165) is 37.1 Å². The van der Waals surface area contributed by atoms with Gasteiger partial charge in [-0.3, -0.25) is 9.78 Å². The van der Waals surface area contributed by atoms with Crippen molar-refractivity contribution in [3.05, 3.63) is 54.2 Å². The second kappa shape index (κ2) is 9.15. The van der Waals surface area contributed by atoms with E-state index in [2.05, 4.69) is 20.4 Å². The fraction of sp³-hybridized carbons (Fsp3) is 0.440. The third kappa shape index (κ3) is 5.10. The zero-order chi connectivity index (χ0) is 23.7. The Labute approximate surface area is 198 Å². The number of hydrogen-bond acceptors (Lipinski definition) is 8. The largest absolute Gasteiger partial charge is 0.454 e. The molecule has 2 fully saturated rings. The summed E-state index contributed by atoms with van der Waals surface area (Å²) in [5, 5.41) is 18.1. The van der Waals surface area contributed by atoms with E-state index < -0.39 is 5.60 Å². The summed E-state index contributed by atoms with van der Waals surface area (Å²) in [7, 11) is 0. The standard InChI is InChI=1S/C25H29N5O4/c1-25(2,32)21-13-18(5-9-26-21)28-22-14-19(6-10-27-22)34-20-15-30(24(31)17-3-4-17)29-23(20)16-7-11-33-12-8-16/h5-6,9-10,13-17,32H,3-4,7-8,11-12H2,1-2H3,(H,26,27,28). The van der Waals surface area contributed by atoms with Crippen molar-refractivity contribution in [3.8, 4) is 11.5 Å². The Morgan fingerprint density at radius 1 is 1.15 bits per heavy atom. The first-order chi connectivity index (χ1) is 16.4. The molecule has 9 heteroatoms. The lowest BCUT2D eigenvalue weighted by Crippen LogP contribution is -2.17. The summed E-state index contributed by atoms with van der Waals surface area (Å²) in [6.45, 7) is 4.73. The number of aliphatic hydroxyl groups is 1. The number of ether oxygens (including phenoxy) is 2. The molecular formula is C25H29N5O4. The van der Waals surface area contributed by atoms with Gasteiger partial charge in [0.2, 0.25) is 5.91 Å². The summed E-state index contributed by atoms with van der Waals surface area (Å²) >= 11 is 0. The van der Waals surface area contributed by atoms with Crippen LogP contribution < -0.4 is 10.1 Å². The maximum absolute atomic E-state index is 12.6. The fourth-order valence-electron chi connectivity index (χ4n) is 3.99. The molecule has 0 aromatic carbocycles. The molecule has 3 aromatic heterocycles. The van der Waals surface area contributed by atoms with Gasteiger partial charge in [-0.25, -0.2) is 9.67 Å². The fourth-order valence-corrected chi connectivity index (χ4v) is 3.99. The molecule has 4 heterocycles. The number of carbonyl (C=O) groups excluding carboxylic acids is 1. The Hall–Kier alpha value is -3.30. The molecule has 1 aliphatic carbocycles. The van der Waals surface area contributed by atoms with Gasteiger partial charge in [0.1, 0.15) is 22.9 Å². The highest BCUT2D eigenvalue weighted by Crippen LogP contribution is 2.37. The summed E-state index contributed by atoms with van der Waals surface area (Å²) < 4.78 is 13.2. The Bertz CT molecular complexity index is 1180. The van der Waals surface area contributed by atoms with Crippen molar-refractivity contribution in [2.45, 2.75) is 51.0 Å². The van der Waals surface area contributed by atoms with Crippen LogP contribution in [-0.2, 0) is 10.3 Å². The number of carbonyl (C=O) groups is 1. The van der Waals surface area contributed by atoms with E-state index in [0.29, 0.717) is 36.2 Å². The van der Waals surface area contributed by atoms with Crippen LogP contribution in [0.1, 0.15) is 61.6 Å². The van der Waals surface area contributed by atoms with Crippen LogP contribution in [-0.4, -0.2) is 44.0 Å². The Morgan fingerprint density at radius 2 is 1.91 bits per heavy atom. The molecule has 1 saturated heterocycles. The number of anilines is 2. The summed E-state index contributed by atoms with van der Waals surface area (Å²) in [5.74, 6) is 2.04. The van der Waals surface area contributed by atoms with Crippen molar-refractivity contribution < 1.29 is 19.4 Å². The summed E-state index contributed by atoms with van der Waals surface area (Å²) in [6, 6.07) is 7.15. The number of hydrogen-bond donors (Lipinski definition) is 2. The van der Waals surface area contributed by atoms with Gasteiger partial charge < -0.3 is 19.9 Å². The van der Waals surface area contributed by atoms with Crippen LogP contribution in [0.15, 0.2) is 42.9 Å². The SMILES string of the molecule is CC(C)(O)c1cc(Nc2cc(Oc3cn(C(=O)C4CC4)nc3C3CCOCC3)ccn2)ccn1. The summed E-state index contributed by atoms with van der Waals surface area (Å²) in [6.07, 6.45) is 8.54. The van der Waals surface area contributed by atoms with Gasteiger partial charge in [-0.15, -0.1) is 0 Å². The van der Waals surface area contributed by atoms with Crippen LogP contribution in [0, 0.1) is 5.92 Å². The van der Waals surface area contributed by atoms with Crippen LogP contribution in [0.5, 0.6) is 11.5 Å². The quantitative estimate of drug-likeness (QED) is 0.531. The van der Waals surface area contributed by atoms with Crippen LogP contribution in [0.2, 0.25) is 0 Å². The number of nitrogens with one attached hydrogen (secondary N) is 1. The first-order valence-electron chi connectivity index (χ1n) is 11.7. The normalized spacial score (nSPS) is 16.9. The first kappa shape index (κ1) is 22.5. The first-order valence-corrected chi connectivity index (χ1v) is 11.7. The number of pyridine rings is 2. The van der Waals surface area contributed by atoms with Crippen molar-refractivity contribution in [1.82, 2.24) is 19.7 Å². The molecule has 1 saturated carbocycles. The molecule has 0 bridgehead atoms. The Morgan fingerprint density at radius 3 is 2.65 bits per heavy atom. The predicted molar refractivity (Wildman–Crippen MR) is 125 cm³/mol. The van der Waals surface area contributed by atoms with E-state index >= 15 is 0 Å².